The fraction of sp³-hybridized carbons (Fsp3) is 0.375. The lowest BCUT2D eigenvalue weighted by atomic mass is 9.97. The molecular formula is C24H27N3O5. The smallest absolute Gasteiger partial charge is 0.253 e. The van der Waals surface area contributed by atoms with Gasteiger partial charge in [-0.3, -0.25) is 4.79 Å². The Balaban J connectivity index is 1.47. The molecule has 0 bridgehead atoms. The molecule has 0 aliphatic carbocycles. The van der Waals surface area contributed by atoms with E-state index in [0.29, 0.717) is 48.5 Å². The third-order valence-corrected chi connectivity index (χ3v) is 5.55. The van der Waals surface area contributed by atoms with Crippen LogP contribution in [0.1, 0.15) is 41.9 Å². The molecule has 1 fully saturated rings. The Labute approximate surface area is 187 Å². The van der Waals surface area contributed by atoms with E-state index in [1.807, 2.05) is 42.2 Å². The minimum atomic E-state index is -0.00297. The molecule has 1 aromatic heterocycles. The van der Waals surface area contributed by atoms with Crippen LogP contribution in [0.2, 0.25) is 0 Å². The van der Waals surface area contributed by atoms with Crippen LogP contribution in [0.5, 0.6) is 17.2 Å². The summed E-state index contributed by atoms with van der Waals surface area (Å²) >= 11 is 0. The molecular weight excluding hydrogens is 410 g/mol. The largest absolute Gasteiger partial charge is 0.494 e. The summed E-state index contributed by atoms with van der Waals surface area (Å²) in [5.74, 6) is 3.01. The van der Waals surface area contributed by atoms with Crippen LogP contribution in [-0.4, -0.2) is 54.9 Å². The summed E-state index contributed by atoms with van der Waals surface area (Å²) in [5, 5.41) is 4.15. The molecule has 3 aromatic rings. The monoisotopic (exact) mass is 437 g/mol. The fourth-order valence-corrected chi connectivity index (χ4v) is 3.90. The number of carbonyl (C=O) groups excluding carboxylic acids is 1. The van der Waals surface area contributed by atoms with Crippen LogP contribution >= 0.6 is 0 Å². The molecule has 0 saturated carbocycles. The number of nitrogens with zero attached hydrogens (tertiary/aromatic N) is 3. The molecule has 0 unspecified atom stereocenters. The highest BCUT2D eigenvalue weighted by molar-refractivity contribution is 5.94. The van der Waals surface area contributed by atoms with Gasteiger partial charge in [0.1, 0.15) is 5.75 Å². The molecule has 2 aromatic carbocycles. The predicted octanol–water partition coefficient (Wildman–Crippen LogP) is 4.17. The second-order valence-corrected chi connectivity index (χ2v) is 7.57. The van der Waals surface area contributed by atoms with Crippen molar-refractivity contribution in [3.63, 3.8) is 0 Å². The molecule has 1 saturated heterocycles. The standard InChI is InChI=1S/C24H27N3O5/c1-4-31-19-10-7-16(8-11-19)24(28)27-13-5-6-18(15-27)23-25-22(26-32-23)17-9-12-20(29-2)21(14-17)30-3/h7-12,14,18H,4-6,13,15H2,1-3H3/t18-/m0/s1. The Morgan fingerprint density at radius 3 is 2.62 bits per heavy atom. The van der Waals surface area contributed by atoms with Gasteiger partial charge in [0.15, 0.2) is 11.5 Å². The first-order chi connectivity index (χ1) is 15.6. The third-order valence-electron chi connectivity index (χ3n) is 5.55. The highest BCUT2D eigenvalue weighted by atomic mass is 16.5. The van der Waals surface area contributed by atoms with Gasteiger partial charge >= 0.3 is 0 Å². The van der Waals surface area contributed by atoms with Crippen molar-refractivity contribution in [2.45, 2.75) is 25.7 Å². The van der Waals surface area contributed by atoms with E-state index in [2.05, 4.69) is 10.1 Å². The Hall–Kier alpha value is -3.55. The molecule has 4 rings (SSSR count). The topological polar surface area (TPSA) is 86.9 Å². The zero-order valence-electron chi connectivity index (χ0n) is 18.5. The van der Waals surface area contributed by atoms with Gasteiger partial charge in [0.25, 0.3) is 5.91 Å². The van der Waals surface area contributed by atoms with Crippen LogP contribution in [0, 0.1) is 0 Å². The van der Waals surface area contributed by atoms with Gasteiger partial charge in [-0.05, 0) is 62.2 Å². The van der Waals surface area contributed by atoms with Crippen molar-refractivity contribution in [1.82, 2.24) is 15.0 Å². The van der Waals surface area contributed by atoms with Crippen molar-refractivity contribution in [2.24, 2.45) is 0 Å². The van der Waals surface area contributed by atoms with Crippen LogP contribution in [0.25, 0.3) is 11.4 Å². The molecule has 2 heterocycles. The highest BCUT2D eigenvalue weighted by Gasteiger charge is 2.29. The molecule has 8 nitrogen and oxygen atoms in total. The number of hydrogen-bond donors (Lipinski definition) is 0. The minimum Gasteiger partial charge on any atom is -0.494 e. The SMILES string of the molecule is CCOc1ccc(C(=O)N2CCC[C@H](c3nc(-c4ccc(OC)c(OC)c4)no3)C2)cc1. The maximum atomic E-state index is 13.0. The van der Waals surface area contributed by atoms with E-state index >= 15 is 0 Å². The van der Waals surface area contributed by atoms with E-state index in [9.17, 15) is 4.79 Å². The second kappa shape index (κ2) is 9.72. The highest BCUT2D eigenvalue weighted by Crippen LogP contribution is 2.33. The van der Waals surface area contributed by atoms with Gasteiger partial charge < -0.3 is 23.6 Å². The van der Waals surface area contributed by atoms with Gasteiger partial charge in [-0.1, -0.05) is 5.16 Å². The maximum Gasteiger partial charge on any atom is 0.253 e. The Bertz CT molecular complexity index is 1060. The van der Waals surface area contributed by atoms with Crippen molar-refractivity contribution < 1.29 is 23.5 Å². The number of rotatable bonds is 7. The maximum absolute atomic E-state index is 13.0. The molecule has 1 aliphatic rings. The van der Waals surface area contributed by atoms with Crippen LogP contribution < -0.4 is 14.2 Å². The van der Waals surface area contributed by atoms with Crippen LogP contribution in [0.4, 0.5) is 0 Å². The number of aromatic nitrogens is 2. The number of ether oxygens (including phenoxy) is 3. The lowest BCUT2D eigenvalue weighted by Crippen LogP contribution is -2.39. The first-order valence-electron chi connectivity index (χ1n) is 10.7. The van der Waals surface area contributed by atoms with Crippen LogP contribution in [-0.2, 0) is 0 Å². The number of benzene rings is 2. The van der Waals surface area contributed by atoms with Gasteiger partial charge in [0.05, 0.1) is 26.7 Å². The Morgan fingerprint density at radius 1 is 1.12 bits per heavy atom. The van der Waals surface area contributed by atoms with Crippen LogP contribution in [0.3, 0.4) is 0 Å². The van der Waals surface area contributed by atoms with Crippen molar-refractivity contribution in [2.75, 3.05) is 33.9 Å². The van der Waals surface area contributed by atoms with Gasteiger partial charge in [-0.2, -0.15) is 4.98 Å². The summed E-state index contributed by atoms with van der Waals surface area (Å²) in [6.45, 7) is 3.77. The summed E-state index contributed by atoms with van der Waals surface area (Å²) in [6, 6.07) is 12.7. The van der Waals surface area contributed by atoms with Gasteiger partial charge in [-0.15, -0.1) is 0 Å². The van der Waals surface area contributed by atoms with Crippen molar-refractivity contribution >= 4 is 5.91 Å². The first-order valence-corrected chi connectivity index (χ1v) is 10.7. The lowest BCUT2D eigenvalue weighted by Gasteiger charge is -2.31. The fourth-order valence-electron chi connectivity index (χ4n) is 3.90. The second-order valence-electron chi connectivity index (χ2n) is 7.57. The molecule has 0 spiro atoms. The third kappa shape index (κ3) is 4.54. The summed E-state index contributed by atoms with van der Waals surface area (Å²) in [4.78, 5) is 19.5. The first kappa shape index (κ1) is 21.7. The summed E-state index contributed by atoms with van der Waals surface area (Å²) in [5.41, 5.74) is 1.42. The van der Waals surface area contributed by atoms with E-state index in [1.54, 1.807) is 26.4 Å². The van der Waals surface area contributed by atoms with E-state index < -0.39 is 0 Å². The van der Waals surface area contributed by atoms with E-state index in [1.165, 1.54) is 0 Å². The molecule has 1 atom stereocenters. The van der Waals surface area contributed by atoms with Gasteiger partial charge in [0, 0.05) is 24.2 Å². The molecule has 168 valence electrons. The predicted molar refractivity (Wildman–Crippen MR) is 118 cm³/mol. The zero-order chi connectivity index (χ0) is 22.5. The normalized spacial score (nSPS) is 16.0. The van der Waals surface area contributed by atoms with Gasteiger partial charge in [0.2, 0.25) is 11.7 Å². The number of methoxy groups -OCH3 is 2. The number of hydrogen-bond acceptors (Lipinski definition) is 7. The molecule has 0 radical (unpaired) electrons. The van der Waals surface area contributed by atoms with Crippen LogP contribution in [0.15, 0.2) is 47.0 Å². The summed E-state index contributed by atoms with van der Waals surface area (Å²) < 4.78 is 21.7. The Kier molecular flexibility index (Phi) is 6.58. The molecule has 0 N–H and O–H groups in total. The quantitative estimate of drug-likeness (QED) is 0.548. The van der Waals surface area contributed by atoms with Crippen molar-refractivity contribution in [1.29, 1.82) is 0 Å². The lowest BCUT2D eigenvalue weighted by molar-refractivity contribution is 0.0695. The average Bonchev–Trinajstić information content (AvgIpc) is 3.34. The van der Waals surface area contributed by atoms with Gasteiger partial charge in [-0.25, -0.2) is 0 Å². The molecule has 8 heteroatoms. The number of amides is 1. The number of piperidine rings is 1. The van der Waals surface area contributed by atoms with Crippen molar-refractivity contribution in [3.8, 4) is 28.6 Å². The molecule has 1 aliphatic heterocycles. The molecule has 32 heavy (non-hydrogen) atoms. The van der Waals surface area contributed by atoms with E-state index in [-0.39, 0.29) is 11.8 Å². The number of likely N-dealkylation sites (tertiary alicyclic amines) is 1. The average molecular weight is 437 g/mol. The number of carbonyl (C=O) groups is 1. The van der Waals surface area contributed by atoms with E-state index in [0.717, 1.165) is 24.2 Å². The zero-order valence-corrected chi connectivity index (χ0v) is 18.5. The minimum absolute atomic E-state index is 0.00243. The molecule has 1 amide bonds. The van der Waals surface area contributed by atoms with Crippen molar-refractivity contribution in [3.05, 3.63) is 53.9 Å². The summed E-state index contributed by atoms with van der Waals surface area (Å²) in [7, 11) is 3.18. The van der Waals surface area contributed by atoms with E-state index in [4.69, 9.17) is 18.7 Å². The summed E-state index contributed by atoms with van der Waals surface area (Å²) in [6.07, 6.45) is 1.77. The Morgan fingerprint density at radius 2 is 1.91 bits per heavy atom.